The summed E-state index contributed by atoms with van der Waals surface area (Å²) in [6.45, 7) is 0. The minimum atomic E-state index is 0.767. The molecular formula is C26H13N3O2. The van der Waals surface area contributed by atoms with Gasteiger partial charge in [0.15, 0.2) is 11.2 Å². The number of hydrogen-bond acceptors (Lipinski definition) is 4. The van der Waals surface area contributed by atoms with Gasteiger partial charge in [-0.25, -0.2) is 4.98 Å². The number of imidazole rings is 1. The van der Waals surface area contributed by atoms with Gasteiger partial charge in [0.05, 0.1) is 10.9 Å². The van der Waals surface area contributed by atoms with Crippen molar-refractivity contribution in [1.29, 1.82) is 0 Å². The summed E-state index contributed by atoms with van der Waals surface area (Å²) in [7, 11) is 0. The van der Waals surface area contributed by atoms with Gasteiger partial charge in [0.1, 0.15) is 16.8 Å². The van der Waals surface area contributed by atoms with Crippen molar-refractivity contribution in [3.8, 4) is 0 Å². The van der Waals surface area contributed by atoms with Crippen molar-refractivity contribution >= 4 is 71.2 Å². The van der Waals surface area contributed by atoms with E-state index in [-0.39, 0.29) is 0 Å². The van der Waals surface area contributed by atoms with Crippen molar-refractivity contribution in [2.45, 2.75) is 0 Å². The third kappa shape index (κ3) is 1.74. The second-order valence-electron chi connectivity index (χ2n) is 7.87. The zero-order chi connectivity index (χ0) is 20.1. The van der Waals surface area contributed by atoms with Gasteiger partial charge in [0.2, 0.25) is 0 Å². The summed E-state index contributed by atoms with van der Waals surface area (Å²) in [4.78, 5) is 9.05. The minimum absolute atomic E-state index is 0.767. The first-order valence-corrected chi connectivity index (χ1v) is 10.2. The third-order valence-electron chi connectivity index (χ3n) is 6.33. The number of aromatic nitrogens is 3. The van der Waals surface area contributed by atoms with E-state index in [1.165, 1.54) is 0 Å². The molecule has 0 saturated carbocycles. The molecule has 0 N–H and O–H groups in total. The van der Waals surface area contributed by atoms with Crippen LogP contribution in [0.4, 0.5) is 0 Å². The van der Waals surface area contributed by atoms with Crippen LogP contribution in [0, 0.1) is 0 Å². The van der Waals surface area contributed by atoms with E-state index in [0.29, 0.717) is 0 Å². The summed E-state index contributed by atoms with van der Waals surface area (Å²) in [5.74, 6) is 0. The third-order valence-corrected chi connectivity index (χ3v) is 6.33. The van der Waals surface area contributed by atoms with Crippen molar-refractivity contribution in [3.63, 3.8) is 0 Å². The fourth-order valence-electron chi connectivity index (χ4n) is 5.11. The summed E-state index contributed by atoms with van der Waals surface area (Å²) in [5.41, 5.74) is 5.19. The lowest BCUT2D eigenvalue weighted by Crippen LogP contribution is -1.93. The number of pyridine rings is 2. The van der Waals surface area contributed by atoms with Crippen molar-refractivity contribution in [1.82, 2.24) is 14.4 Å². The molecule has 0 amide bonds. The van der Waals surface area contributed by atoms with E-state index in [9.17, 15) is 0 Å². The summed E-state index contributed by atoms with van der Waals surface area (Å²) < 4.78 is 15.0. The van der Waals surface area contributed by atoms with Crippen LogP contribution in [0.3, 0.4) is 0 Å². The van der Waals surface area contributed by atoms with Gasteiger partial charge in [-0.05, 0) is 23.6 Å². The summed E-state index contributed by atoms with van der Waals surface area (Å²) in [6, 6.07) is 18.4. The molecule has 0 radical (unpaired) electrons. The summed E-state index contributed by atoms with van der Waals surface area (Å²) in [5, 5.41) is 7.48. The van der Waals surface area contributed by atoms with E-state index in [1.807, 2.05) is 61.2 Å². The molecule has 0 aliphatic carbocycles. The van der Waals surface area contributed by atoms with Gasteiger partial charge in [0, 0.05) is 51.7 Å². The number of hydrogen-bond donors (Lipinski definition) is 0. The van der Waals surface area contributed by atoms with E-state index >= 15 is 0 Å². The molecule has 5 aromatic heterocycles. The lowest BCUT2D eigenvalue weighted by Gasteiger charge is -2.10. The first-order valence-electron chi connectivity index (χ1n) is 10.2. The van der Waals surface area contributed by atoms with Crippen LogP contribution >= 0.6 is 0 Å². The Kier molecular flexibility index (Phi) is 2.60. The van der Waals surface area contributed by atoms with Gasteiger partial charge in [-0.15, -0.1) is 0 Å². The maximum atomic E-state index is 6.41. The molecule has 0 saturated heterocycles. The lowest BCUT2D eigenvalue weighted by atomic mass is 9.98. The van der Waals surface area contributed by atoms with Crippen LogP contribution in [0.5, 0.6) is 0 Å². The smallest absolute Gasteiger partial charge is 0.180 e. The van der Waals surface area contributed by atoms with Crippen molar-refractivity contribution < 1.29 is 8.83 Å². The maximum absolute atomic E-state index is 6.41. The topological polar surface area (TPSA) is 56.5 Å². The molecule has 0 fully saturated rings. The van der Waals surface area contributed by atoms with Gasteiger partial charge in [0.25, 0.3) is 0 Å². The Bertz CT molecular complexity index is 2010. The monoisotopic (exact) mass is 399 g/mol. The molecular weight excluding hydrogens is 386 g/mol. The largest absolute Gasteiger partial charge is 0.452 e. The molecule has 3 aromatic carbocycles. The predicted molar refractivity (Wildman–Crippen MR) is 123 cm³/mol. The Labute approximate surface area is 174 Å². The summed E-state index contributed by atoms with van der Waals surface area (Å²) in [6.07, 6.45) is 7.59. The normalized spacial score (nSPS) is 12.5. The number of para-hydroxylation sites is 2. The van der Waals surface area contributed by atoms with Crippen LogP contribution in [0.15, 0.2) is 88.2 Å². The van der Waals surface area contributed by atoms with Crippen LogP contribution < -0.4 is 0 Å². The standard InChI is InChI=1S/C26H13N3O2/c1-3-7-18-15(5-1)21-20-14-9-10-27-13-17(14)26-28-11-12-29(26)23(20)22-16-6-2-4-8-19(16)31-25(22)24(21)30-18/h1-13H. The van der Waals surface area contributed by atoms with Gasteiger partial charge in [-0.3, -0.25) is 9.38 Å². The molecule has 5 heteroatoms. The van der Waals surface area contributed by atoms with Crippen molar-refractivity contribution in [3.05, 3.63) is 79.4 Å². The molecule has 31 heavy (non-hydrogen) atoms. The van der Waals surface area contributed by atoms with Crippen molar-refractivity contribution in [2.75, 3.05) is 0 Å². The minimum Gasteiger partial charge on any atom is -0.452 e. The second kappa shape index (κ2) is 5.21. The zero-order valence-corrected chi connectivity index (χ0v) is 16.2. The molecule has 0 atom stereocenters. The van der Waals surface area contributed by atoms with E-state index in [0.717, 1.165) is 71.2 Å². The van der Waals surface area contributed by atoms with Crippen LogP contribution in [0.2, 0.25) is 0 Å². The van der Waals surface area contributed by atoms with Gasteiger partial charge < -0.3 is 8.83 Å². The average molecular weight is 399 g/mol. The van der Waals surface area contributed by atoms with E-state index in [1.54, 1.807) is 0 Å². The Balaban J connectivity index is 1.89. The average Bonchev–Trinajstić information content (AvgIpc) is 3.53. The lowest BCUT2D eigenvalue weighted by molar-refractivity contribution is 0.633. The molecule has 8 aromatic rings. The first kappa shape index (κ1) is 15.5. The zero-order valence-electron chi connectivity index (χ0n) is 16.2. The molecule has 0 aliphatic rings. The fraction of sp³-hybridized carbons (Fsp3) is 0. The van der Waals surface area contributed by atoms with Gasteiger partial charge >= 0.3 is 0 Å². The van der Waals surface area contributed by atoms with Crippen LogP contribution in [-0.4, -0.2) is 14.4 Å². The molecule has 0 spiro atoms. The molecule has 5 heterocycles. The Hall–Kier alpha value is -4.38. The Morgan fingerprint density at radius 1 is 0.645 bits per heavy atom. The molecule has 0 aliphatic heterocycles. The highest BCUT2D eigenvalue weighted by Crippen LogP contribution is 2.46. The van der Waals surface area contributed by atoms with Gasteiger partial charge in [-0.1, -0.05) is 36.4 Å². The first-order chi connectivity index (χ1) is 15.4. The highest BCUT2D eigenvalue weighted by atomic mass is 16.4. The number of fused-ring (bicyclic) bond motifs is 15. The van der Waals surface area contributed by atoms with Crippen LogP contribution in [-0.2, 0) is 0 Å². The number of furan rings is 2. The molecule has 0 bridgehead atoms. The summed E-state index contributed by atoms with van der Waals surface area (Å²) >= 11 is 0. The molecule has 8 rings (SSSR count). The second-order valence-corrected chi connectivity index (χ2v) is 7.87. The Morgan fingerprint density at radius 3 is 2.16 bits per heavy atom. The maximum Gasteiger partial charge on any atom is 0.180 e. The number of nitrogens with zero attached hydrogens (tertiary/aromatic N) is 3. The number of rotatable bonds is 0. The van der Waals surface area contributed by atoms with Crippen LogP contribution in [0.25, 0.3) is 71.2 Å². The SMILES string of the molecule is c1ccc2c(c1)oc1c3oc4ccccc4c3c3c(c4ccncc4c4nccn43)c21. The highest BCUT2D eigenvalue weighted by Gasteiger charge is 2.24. The molecule has 144 valence electrons. The predicted octanol–water partition coefficient (Wildman–Crippen LogP) is 6.83. The highest BCUT2D eigenvalue weighted by molar-refractivity contribution is 6.37. The van der Waals surface area contributed by atoms with Gasteiger partial charge in [-0.2, -0.15) is 0 Å². The molecule has 0 unspecified atom stereocenters. The van der Waals surface area contributed by atoms with Crippen molar-refractivity contribution in [2.24, 2.45) is 0 Å². The van der Waals surface area contributed by atoms with E-state index in [4.69, 9.17) is 8.83 Å². The van der Waals surface area contributed by atoms with Crippen LogP contribution in [0.1, 0.15) is 0 Å². The van der Waals surface area contributed by atoms with E-state index < -0.39 is 0 Å². The van der Waals surface area contributed by atoms with E-state index in [2.05, 4.69) is 32.6 Å². The quantitative estimate of drug-likeness (QED) is 0.262. The fourth-order valence-corrected chi connectivity index (χ4v) is 5.11. The Morgan fingerprint density at radius 2 is 1.35 bits per heavy atom. The number of benzene rings is 3. The molecule has 5 nitrogen and oxygen atoms in total.